The Balaban J connectivity index is 0.00000225. The van der Waals surface area contributed by atoms with Crippen molar-refractivity contribution in [3.8, 4) is 0 Å². The van der Waals surface area contributed by atoms with Crippen LogP contribution in [0, 0.1) is 0 Å². The van der Waals surface area contributed by atoms with E-state index in [0.717, 1.165) is 50.5 Å². The molecule has 0 atom stereocenters. The fourth-order valence-corrected chi connectivity index (χ4v) is 5.48. The molecular formula is C19H27ClN4O3S. The Morgan fingerprint density at radius 2 is 1.68 bits per heavy atom. The first-order valence-electron chi connectivity index (χ1n) is 9.68. The fourth-order valence-electron chi connectivity index (χ4n) is 3.97. The maximum atomic E-state index is 12.7. The predicted octanol–water partition coefficient (Wildman–Crippen LogP) is 2.98. The molecule has 0 unspecified atom stereocenters. The van der Waals surface area contributed by atoms with Gasteiger partial charge in [0.25, 0.3) is 0 Å². The van der Waals surface area contributed by atoms with Crippen molar-refractivity contribution >= 4 is 22.4 Å². The molecule has 1 aliphatic heterocycles. The second kappa shape index (κ2) is 8.49. The number of halogens is 1. The molecule has 1 aliphatic carbocycles. The van der Waals surface area contributed by atoms with Gasteiger partial charge in [-0.3, -0.25) is 0 Å². The lowest BCUT2D eigenvalue weighted by molar-refractivity contribution is 0.346. The third-order valence-electron chi connectivity index (χ3n) is 5.64. The quantitative estimate of drug-likeness (QED) is 0.788. The van der Waals surface area contributed by atoms with Gasteiger partial charge in [-0.25, -0.2) is 8.42 Å². The first-order chi connectivity index (χ1) is 13.0. The molecule has 154 valence electrons. The summed E-state index contributed by atoms with van der Waals surface area (Å²) in [5.74, 6) is 1.09. The summed E-state index contributed by atoms with van der Waals surface area (Å²) >= 11 is 0. The first kappa shape index (κ1) is 21.2. The highest BCUT2D eigenvalue weighted by atomic mass is 35.5. The van der Waals surface area contributed by atoms with Gasteiger partial charge < -0.3 is 10.3 Å². The van der Waals surface area contributed by atoms with Crippen LogP contribution >= 0.6 is 12.4 Å². The van der Waals surface area contributed by atoms with Crippen LogP contribution in [0.25, 0.3) is 0 Å². The number of nitrogens with two attached hydrogens (primary N) is 1. The first-order valence-corrected chi connectivity index (χ1v) is 11.1. The Bertz CT molecular complexity index is 886. The smallest absolute Gasteiger partial charge is 0.243 e. The van der Waals surface area contributed by atoms with Crippen molar-refractivity contribution in [2.75, 3.05) is 13.1 Å². The zero-order chi connectivity index (χ0) is 18.9. The van der Waals surface area contributed by atoms with Gasteiger partial charge in [0.05, 0.1) is 16.9 Å². The Hall–Kier alpha value is -1.48. The van der Waals surface area contributed by atoms with Gasteiger partial charge in [-0.15, -0.1) is 12.4 Å². The van der Waals surface area contributed by atoms with Gasteiger partial charge in [0.15, 0.2) is 5.82 Å². The van der Waals surface area contributed by atoms with Crippen LogP contribution in [0.2, 0.25) is 0 Å². The van der Waals surface area contributed by atoms with Gasteiger partial charge in [-0.2, -0.15) is 9.29 Å². The largest absolute Gasteiger partial charge is 0.339 e. The molecule has 0 amide bonds. The molecule has 1 aromatic carbocycles. The molecule has 2 aromatic rings. The van der Waals surface area contributed by atoms with E-state index in [2.05, 4.69) is 10.1 Å². The highest BCUT2D eigenvalue weighted by Crippen LogP contribution is 2.34. The van der Waals surface area contributed by atoms with Crippen molar-refractivity contribution in [1.82, 2.24) is 14.4 Å². The van der Waals surface area contributed by atoms with Crippen LogP contribution in [-0.2, 0) is 22.0 Å². The molecule has 0 bridgehead atoms. The van der Waals surface area contributed by atoms with Gasteiger partial charge in [-0.1, -0.05) is 36.6 Å². The molecule has 2 heterocycles. The van der Waals surface area contributed by atoms with Crippen LogP contribution in [0.3, 0.4) is 0 Å². The molecule has 1 saturated carbocycles. The molecule has 2 aliphatic rings. The summed E-state index contributed by atoms with van der Waals surface area (Å²) < 4.78 is 32.4. The lowest BCUT2D eigenvalue weighted by Crippen LogP contribution is -2.35. The maximum absolute atomic E-state index is 12.7. The third kappa shape index (κ3) is 4.25. The lowest BCUT2D eigenvalue weighted by atomic mass is 9.99. The van der Waals surface area contributed by atoms with E-state index < -0.39 is 15.6 Å². The van der Waals surface area contributed by atoms with Gasteiger partial charge in [-0.05, 0) is 43.4 Å². The second-order valence-electron chi connectivity index (χ2n) is 7.66. The van der Waals surface area contributed by atoms with E-state index in [1.807, 2.05) is 12.1 Å². The summed E-state index contributed by atoms with van der Waals surface area (Å²) in [6.07, 6.45) is 7.37. The number of piperidine rings is 1. The second-order valence-corrected chi connectivity index (χ2v) is 9.60. The van der Waals surface area contributed by atoms with E-state index >= 15 is 0 Å². The van der Waals surface area contributed by atoms with E-state index in [1.54, 1.807) is 16.4 Å². The lowest BCUT2D eigenvalue weighted by Gasteiger charge is -2.25. The van der Waals surface area contributed by atoms with Crippen LogP contribution in [-0.4, -0.2) is 36.0 Å². The summed E-state index contributed by atoms with van der Waals surface area (Å²) in [5.41, 5.74) is 6.84. The maximum Gasteiger partial charge on any atom is 0.243 e. The number of nitrogens with zero attached hydrogens (tertiary/aromatic N) is 3. The van der Waals surface area contributed by atoms with E-state index in [0.29, 0.717) is 36.1 Å². The summed E-state index contributed by atoms with van der Waals surface area (Å²) in [5, 5.41) is 4.07. The minimum absolute atomic E-state index is 0. The van der Waals surface area contributed by atoms with Crippen LogP contribution in [0.5, 0.6) is 0 Å². The Kier molecular flexibility index (Phi) is 6.44. The molecule has 1 aromatic heterocycles. The summed E-state index contributed by atoms with van der Waals surface area (Å²) in [6, 6.07) is 6.96. The molecule has 2 N–H and O–H groups in total. The number of hydrogen-bond acceptors (Lipinski definition) is 6. The van der Waals surface area contributed by atoms with Gasteiger partial charge in [0.2, 0.25) is 15.9 Å². The Labute approximate surface area is 172 Å². The predicted molar refractivity (Wildman–Crippen MR) is 108 cm³/mol. The number of sulfonamides is 1. The molecular weight excluding hydrogens is 400 g/mol. The third-order valence-corrected chi connectivity index (χ3v) is 7.55. The Morgan fingerprint density at radius 3 is 2.32 bits per heavy atom. The number of benzene rings is 1. The Morgan fingerprint density at radius 1 is 1.04 bits per heavy atom. The molecule has 0 radical (unpaired) electrons. The van der Waals surface area contributed by atoms with Gasteiger partial charge >= 0.3 is 0 Å². The monoisotopic (exact) mass is 426 g/mol. The van der Waals surface area contributed by atoms with Crippen molar-refractivity contribution in [2.45, 2.75) is 61.8 Å². The molecule has 9 heteroatoms. The minimum atomic E-state index is -3.40. The van der Waals surface area contributed by atoms with E-state index in [9.17, 15) is 8.42 Å². The number of aromatic nitrogens is 2. The topological polar surface area (TPSA) is 102 Å². The van der Waals surface area contributed by atoms with Crippen molar-refractivity contribution in [3.05, 3.63) is 41.5 Å². The van der Waals surface area contributed by atoms with Gasteiger partial charge in [0.1, 0.15) is 0 Å². The normalized spacial score (nSPS) is 20.0. The molecule has 4 rings (SSSR count). The fraction of sp³-hybridized carbons (Fsp3) is 0.579. The van der Waals surface area contributed by atoms with E-state index in [4.69, 9.17) is 10.3 Å². The average molecular weight is 427 g/mol. The average Bonchev–Trinajstić information content (AvgIpc) is 3.33. The van der Waals surface area contributed by atoms with Gasteiger partial charge in [0, 0.05) is 13.1 Å². The van der Waals surface area contributed by atoms with Crippen LogP contribution in [0.1, 0.15) is 62.2 Å². The van der Waals surface area contributed by atoms with Crippen LogP contribution in [0.4, 0.5) is 0 Å². The molecule has 0 spiro atoms. The van der Waals surface area contributed by atoms with E-state index in [-0.39, 0.29) is 12.4 Å². The number of hydrogen-bond donors (Lipinski definition) is 1. The molecule has 7 nitrogen and oxygen atoms in total. The molecule has 1 saturated heterocycles. The summed E-state index contributed by atoms with van der Waals surface area (Å²) in [4.78, 5) is 4.81. The van der Waals surface area contributed by atoms with Crippen LogP contribution in [0.15, 0.2) is 33.7 Å². The zero-order valence-electron chi connectivity index (χ0n) is 15.8. The zero-order valence-corrected chi connectivity index (χ0v) is 17.5. The summed E-state index contributed by atoms with van der Waals surface area (Å²) in [7, 11) is -3.40. The molecule has 2 fully saturated rings. The van der Waals surface area contributed by atoms with Crippen molar-refractivity contribution in [2.24, 2.45) is 5.73 Å². The summed E-state index contributed by atoms with van der Waals surface area (Å²) in [6.45, 7) is 1.21. The molecule has 28 heavy (non-hydrogen) atoms. The standard InChI is InChI=1S/C19H26N4O3S.ClH/c20-19(10-2-3-11-19)18-21-17(26-22-18)14-15-6-8-16(9-7-15)27(24,25)23-12-4-1-5-13-23;/h6-9H,1-5,10-14,20H2;1H. The number of rotatable bonds is 5. The van der Waals surface area contributed by atoms with Crippen molar-refractivity contribution < 1.29 is 12.9 Å². The minimum Gasteiger partial charge on any atom is -0.339 e. The van der Waals surface area contributed by atoms with E-state index in [1.165, 1.54) is 0 Å². The SMILES string of the molecule is Cl.NC1(c2noc(Cc3ccc(S(=O)(=O)N4CCCCC4)cc3)n2)CCCC1. The highest BCUT2D eigenvalue weighted by molar-refractivity contribution is 7.89. The van der Waals surface area contributed by atoms with Crippen LogP contribution < -0.4 is 5.73 Å². The van der Waals surface area contributed by atoms with Crippen molar-refractivity contribution in [3.63, 3.8) is 0 Å². The van der Waals surface area contributed by atoms with Crippen molar-refractivity contribution in [1.29, 1.82) is 0 Å². The highest BCUT2D eigenvalue weighted by Gasteiger charge is 2.36.